The maximum absolute atomic E-state index is 5.32. The van der Waals surface area contributed by atoms with E-state index in [-0.39, 0.29) is 0 Å². The van der Waals surface area contributed by atoms with Gasteiger partial charge in [0, 0.05) is 38.6 Å². The average molecular weight is 235 g/mol. The lowest BCUT2D eigenvalue weighted by Crippen LogP contribution is -2.40. The summed E-state index contributed by atoms with van der Waals surface area (Å²) >= 11 is 0. The van der Waals surface area contributed by atoms with Crippen molar-refractivity contribution in [3.8, 4) is 0 Å². The third kappa shape index (κ3) is 4.81. The summed E-state index contributed by atoms with van der Waals surface area (Å²) in [6, 6.07) is 4.15. The largest absolute Gasteiger partial charge is 0.379 e. The van der Waals surface area contributed by atoms with E-state index < -0.39 is 0 Å². The van der Waals surface area contributed by atoms with Crippen LogP contribution in [0.1, 0.15) is 5.56 Å². The molecular weight excluding hydrogens is 214 g/mol. The van der Waals surface area contributed by atoms with Gasteiger partial charge in [-0.3, -0.25) is 9.88 Å². The number of rotatable bonds is 6. The van der Waals surface area contributed by atoms with Gasteiger partial charge in [-0.1, -0.05) is 0 Å². The molecule has 1 N–H and O–H groups in total. The van der Waals surface area contributed by atoms with Crippen LogP contribution in [0.25, 0.3) is 0 Å². The SMILES string of the molecule is c1cc(CCNCCN2CCOCC2)ccn1. The molecule has 0 saturated carbocycles. The Morgan fingerprint density at radius 3 is 2.71 bits per heavy atom. The minimum absolute atomic E-state index is 0.886. The zero-order valence-electron chi connectivity index (χ0n) is 10.3. The van der Waals surface area contributed by atoms with Crippen LogP contribution >= 0.6 is 0 Å². The molecule has 0 amide bonds. The minimum Gasteiger partial charge on any atom is -0.379 e. The second kappa shape index (κ2) is 7.37. The Labute approximate surface area is 103 Å². The molecule has 17 heavy (non-hydrogen) atoms. The fraction of sp³-hybridized carbons (Fsp3) is 0.615. The number of nitrogens with zero attached hydrogens (tertiary/aromatic N) is 2. The molecule has 1 saturated heterocycles. The third-order valence-electron chi connectivity index (χ3n) is 3.05. The van der Waals surface area contributed by atoms with Crippen LogP contribution in [-0.4, -0.2) is 55.8 Å². The molecule has 1 aromatic rings. The Hall–Kier alpha value is -0.970. The van der Waals surface area contributed by atoms with E-state index >= 15 is 0 Å². The molecule has 1 aliphatic heterocycles. The fourth-order valence-electron chi connectivity index (χ4n) is 1.97. The summed E-state index contributed by atoms with van der Waals surface area (Å²) in [7, 11) is 0. The van der Waals surface area contributed by atoms with E-state index in [0.29, 0.717) is 0 Å². The predicted molar refractivity (Wildman–Crippen MR) is 68.1 cm³/mol. The van der Waals surface area contributed by atoms with E-state index in [0.717, 1.165) is 52.4 Å². The number of morpholine rings is 1. The predicted octanol–water partition coefficient (Wildman–Crippen LogP) is 0.546. The van der Waals surface area contributed by atoms with Crippen molar-refractivity contribution < 1.29 is 4.74 Å². The van der Waals surface area contributed by atoms with E-state index in [1.54, 1.807) is 0 Å². The summed E-state index contributed by atoms with van der Waals surface area (Å²) < 4.78 is 5.32. The van der Waals surface area contributed by atoms with Crippen LogP contribution in [0.15, 0.2) is 24.5 Å². The molecule has 0 atom stereocenters. The first-order valence-corrected chi connectivity index (χ1v) is 6.35. The lowest BCUT2D eigenvalue weighted by molar-refractivity contribution is 0.0385. The summed E-state index contributed by atoms with van der Waals surface area (Å²) in [5.41, 5.74) is 1.35. The minimum atomic E-state index is 0.886. The molecule has 0 radical (unpaired) electrons. The molecule has 0 bridgehead atoms. The van der Waals surface area contributed by atoms with Crippen molar-refractivity contribution in [3.05, 3.63) is 30.1 Å². The Morgan fingerprint density at radius 1 is 1.18 bits per heavy atom. The summed E-state index contributed by atoms with van der Waals surface area (Å²) in [5, 5.41) is 3.48. The van der Waals surface area contributed by atoms with Crippen molar-refractivity contribution in [1.29, 1.82) is 0 Å². The first-order chi connectivity index (χ1) is 8.45. The van der Waals surface area contributed by atoms with Crippen LogP contribution in [0.5, 0.6) is 0 Å². The molecule has 2 heterocycles. The highest BCUT2D eigenvalue weighted by molar-refractivity contribution is 5.09. The van der Waals surface area contributed by atoms with Crippen molar-refractivity contribution in [2.24, 2.45) is 0 Å². The van der Waals surface area contributed by atoms with Crippen molar-refractivity contribution in [3.63, 3.8) is 0 Å². The second-order valence-corrected chi connectivity index (χ2v) is 4.31. The lowest BCUT2D eigenvalue weighted by atomic mass is 10.2. The number of ether oxygens (including phenoxy) is 1. The van der Waals surface area contributed by atoms with E-state index in [9.17, 15) is 0 Å². The highest BCUT2D eigenvalue weighted by Crippen LogP contribution is 1.97. The van der Waals surface area contributed by atoms with Crippen LogP contribution in [0.4, 0.5) is 0 Å². The van der Waals surface area contributed by atoms with Crippen LogP contribution in [-0.2, 0) is 11.2 Å². The summed E-state index contributed by atoms with van der Waals surface area (Å²) in [6.07, 6.45) is 4.78. The van der Waals surface area contributed by atoms with Crippen molar-refractivity contribution in [1.82, 2.24) is 15.2 Å². The molecular formula is C13H21N3O. The average Bonchev–Trinajstić information content (AvgIpc) is 2.41. The molecule has 0 unspecified atom stereocenters. The van der Waals surface area contributed by atoms with Gasteiger partial charge < -0.3 is 10.1 Å². The van der Waals surface area contributed by atoms with Crippen molar-refractivity contribution >= 4 is 0 Å². The molecule has 94 valence electrons. The zero-order chi connectivity index (χ0) is 11.8. The first-order valence-electron chi connectivity index (χ1n) is 6.35. The molecule has 4 heteroatoms. The van der Waals surface area contributed by atoms with Gasteiger partial charge in [0.1, 0.15) is 0 Å². The van der Waals surface area contributed by atoms with Crippen molar-refractivity contribution in [2.75, 3.05) is 45.9 Å². The molecule has 0 aromatic carbocycles. The molecule has 0 aliphatic carbocycles. The molecule has 1 fully saturated rings. The van der Waals surface area contributed by atoms with Gasteiger partial charge in [-0.15, -0.1) is 0 Å². The second-order valence-electron chi connectivity index (χ2n) is 4.31. The van der Waals surface area contributed by atoms with Crippen LogP contribution < -0.4 is 5.32 Å². The maximum atomic E-state index is 5.32. The molecule has 2 rings (SSSR count). The van der Waals surface area contributed by atoms with E-state index in [2.05, 4.69) is 27.3 Å². The number of nitrogens with one attached hydrogen (secondary N) is 1. The Kier molecular flexibility index (Phi) is 5.42. The van der Waals surface area contributed by atoms with Gasteiger partial charge in [-0.05, 0) is 30.7 Å². The molecule has 0 spiro atoms. The van der Waals surface area contributed by atoms with Crippen molar-refractivity contribution in [2.45, 2.75) is 6.42 Å². The summed E-state index contributed by atoms with van der Waals surface area (Å²) in [5.74, 6) is 0. The monoisotopic (exact) mass is 235 g/mol. The smallest absolute Gasteiger partial charge is 0.0594 e. The van der Waals surface area contributed by atoms with E-state index in [1.807, 2.05) is 12.4 Å². The number of hydrogen-bond donors (Lipinski definition) is 1. The molecule has 1 aliphatic rings. The maximum Gasteiger partial charge on any atom is 0.0594 e. The standard InChI is InChI=1S/C13H21N3O/c1-4-14-5-2-13(1)3-6-15-7-8-16-9-11-17-12-10-16/h1-2,4-5,15H,3,6-12H2. The fourth-order valence-corrected chi connectivity index (χ4v) is 1.97. The number of pyridine rings is 1. The highest BCUT2D eigenvalue weighted by atomic mass is 16.5. The normalized spacial score (nSPS) is 17.2. The van der Waals surface area contributed by atoms with Gasteiger partial charge >= 0.3 is 0 Å². The Morgan fingerprint density at radius 2 is 1.94 bits per heavy atom. The number of aromatic nitrogens is 1. The van der Waals surface area contributed by atoms with Gasteiger partial charge in [-0.25, -0.2) is 0 Å². The van der Waals surface area contributed by atoms with Gasteiger partial charge in [0.25, 0.3) is 0 Å². The van der Waals surface area contributed by atoms with Gasteiger partial charge in [0.05, 0.1) is 13.2 Å². The Bertz CT molecular complexity index is 299. The topological polar surface area (TPSA) is 37.4 Å². The molecule has 4 nitrogen and oxygen atoms in total. The van der Waals surface area contributed by atoms with Crippen LogP contribution in [0.2, 0.25) is 0 Å². The van der Waals surface area contributed by atoms with Gasteiger partial charge in [0.2, 0.25) is 0 Å². The molecule has 1 aromatic heterocycles. The quantitative estimate of drug-likeness (QED) is 0.731. The first kappa shape index (κ1) is 12.5. The van der Waals surface area contributed by atoms with Gasteiger partial charge in [-0.2, -0.15) is 0 Å². The van der Waals surface area contributed by atoms with Crippen LogP contribution in [0, 0.1) is 0 Å². The lowest BCUT2D eigenvalue weighted by Gasteiger charge is -2.26. The third-order valence-corrected chi connectivity index (χ3v) is 3.05. The van der Waals surface area contributed by atoms with Crippen LogP contribution in [0.3, 0.4) is 0 Å². The Balaban J connectivity index is 1.51. The summed E-state index contributed by atoms with van der Waals surface area (Å²) in [4.78, 5) is 6.46. The zero-order valence-corrected chi connectivity index (χ0v) is 10.3. The van der Waals surface area contributed by atoms with E-state index in [1.165, 1.54) is 5.56 Å². The van der Waals surface area contributed by atoms with Gasteiger partial charge in [0.15, 0.2) is 0 Å². The van der Waals surface area contributed by atoms with E-state index in [4.69, 9.17) is 4.74 Å². The highest BCUT2D eigenvalue weighted by Gasteiger charge is 2.08. The summed E-state index contributed by atoms with van der Waals surface area (Å²) in [6.45, 7) is 7.14. The number of hydrogen-bond acceptors (Lipinski definition) is 4.